The zero-order valence-corrected chi connectivity index (χ0v) is 15.1. The van der Waals surface area contributed by atoms with Crippen LogP contribution in [0.15, 0.2) is 41.3 Å². The molecule has 29 heavy (non-hydrogen) atoms. The lowest BCUT2D eigenvalue weighted by molar-refractivity contribution is -0.394. The molecule has 1 saturated heterocycles. The van der Waals surface area contributed by atoms with E-state index in [1.54, 1.807) is 0 Å². The van der Waals surface area contributed by atoms with Gasteiger partial charge in [-0.25, -0.2) is 4.39 Å². The molecule has 1 aliphatic rings. The third-order valence-corrected chi connectivity index (χ3v) is 4.87. The molecule has 2 amide bonds. The second-order valence-corrected chi connectivity index (χ2v) is 6.77. The fourth-order valence-electron chi connectivity index (χ4n) is 2.55. The second kappa shape index (κ2) is 7.67. The van der Waals surface area contributed by atoms with Crippen LogP contribution in [-0.2, 0) is 11.3 Å². The molecule has 1 N–H and O–H groups in total. The van der Waals surface area contributed by atoms with Crippen LogP contribution in [0.2, 0.25) is 0 Å². The summed E-state index contributed by atoms with van der Waals surface area (Å²) in [5, 5.41) is 31.3. The summed E-state index contributed by atoms with van der Waals surface area (Å²) in [4.78, 5) is 45.3. The Labute approximate surface area is 165 Å². The first-order valence-electron chi connectivity index (χ1n) is 7.83. The molecule has 1 heterocycles. The zero-order valence-electron chi connectivity index (χ0n) is 14.3. The predicted molar refractivity (Wildman–Crippen MR) is 99.3 cm³/mol. The van der Waals surface area contributed by atoms with Gasteiger partial charge in [0.15, 0.2) is 0 Å². The monoisotopic (exact) mass is 419 g/mol. The van der Waals surface area contributed by atoms with Crippen LogP contribution in [0, 0.1) is 26.0 Å². The molecule has 0 unspecified atom stereocenters. The van der Waals surface area contributed by atoms with Gasteiger partial charge in [-0.2, -0.15) is 0 Å². The number of halogens is 1. The number of hydrogen-bond acceptors (Lipinski definition) is 8. The molecule has 0 saturated carbocycles. The number of amides is 2. The minimum Gasteiger partial charge on any atom is -0.502 e. The van der Waals surface area contributed by atoms with Gasteiger partial charge in [0, 0.05) is 17.2 Å². The lowest BCUT2D eigenvalue weighted by atomic mass is 10.1. The van der Waals surface area contributed by atoms with E-state index in [4.69, 9.17) is 0 Å². The van der Waals surface area contributed by atoms with Crippen LogP contribution in [-0.4, -0.2) is 31.0 Å². The molecule has 0 spiro atoms. The Morgan fingerprint density at radius 3 is 2.45 bits per heavy atom. The van der Waals surface area contributed by atoms with Crippen molar-refractivity contribution in [2.45, 2.75) is 6.54 Å². The number of carbonyl (C=O) groups is 2. The molecule has 148 valence electrons. The van der Waals surface area contributed by atoms with E-state index in [0.717, 1.165) is 17.0 Å². The molecule has 0 radical (unpaired) electrons. The van der Waals surface area contributed by atoms with Gasteiger partial charge in [0.2, 0.25) is 5.75 Å². The van der Waals surface area contributed by atoms with Gasteiger partial charge in [-0.1, -0.05) is 18.2 Å². The Balaban J connectivity index is 1.98. The number of phenolic OH excluding ortho intramolecular Hbond substituents is 1. The number of carbonyl (C=O) groups excluding carboxylic acids is 2. The van der Waals surface area contributed by atoms with Crippen LogP contribution < -0.4 is 0 Å². The van der Waals surface area contributed by atoms with Gasteiger partial charge in [0.05, 0.1) is 27.4 Å². The largest absolute Gasteiger partial charge is 0.502 e. The van der Waals surface area contributed by atoms with Crippen molar-refractivity contribution in [3.8, 4) is 5.75 Å². The highest BCUT2D eigenvalue weighted by Gasteiger charge is 2.36. The maximum Gasteiger partial charge on any atom is 0.318 e. The molecule has 10 nitrogen and oxygen atoms in total. The SMILES string of the molecule is O=C1S/C(=C\c2cc([N+](=O)[O-])cc([N+](=O)[O-])c2O)C(=O)N1Cc1ccccc1F. The minimum absolute atomic E-state index is 0.102. The topological polar surface area (TPSA) is 144 Å². The van der Waals surface area contributed by atoms with Gasteiger partial charge in [0.25, 0.3) is 16.8 Å². The average molecular weight is 419 g/mol. The third-order valence-electron chi connectivity index (χ3n) is 3.96. The standard InChI is InChI=1S/C17H10FN3O7S/c18-12-4-2-1-3-9(12)8-19-16(23)14(29-17(19)24)6-10-5-11(20(25)26)7-13(15(10)22)21(27)28/h1-7,22H,8H2/b14-6-. The fraction of sp³-hybridized carbons (Fsp3) is 0.0588. The van der Waals surface area contributed by atoms with Crippen LogP contribution >= 0.6 is 11.8 Å². The molecule has 0 aliphatic carbocycles. The lowest BCUT2D eigenvalue weighted by Gasteiger charge is -2.12. The number of benzene rings is 2. The summed E-state index contributed by atoms with van der Waals surface area (Å²) in [7, 11) is 0. The molecule has 1 aliphatic heterocycles. The Bertz CT molecular complexity index is 1100. The number of hydrogen-bond donors (Lipinski definition) is 1. The lowest BCUT2D eigenvalue weighted by Crippen LogP contribution is -2.27. The number of phenols is 1. The van der Waals surface area contributed by atoms with Crippen LogP contribution in [0.3, 0.4) is 0 Å². The Morgan fingerprint density at radius 2 is 1.83 bits per heavy atom. The van der Waals surface area contributed by atoms with Crippen molar-refractivity contribution in [2.24, 2.45) is 0 Å². The molecule has 2 aromatic carbocycles. The molecular weight excluding hydrogens is 409 g/mol. The number of nitrogens with zero attached hydrogens (tertiary/aromatic N) is 3. The van der Waals surface area contributed by atoms with Crippen molar-refractivity contribution >= 4 is 40.4 Å². The van der Waals surface area contributed by atoms with E-state index in [1.807, 2.05) is 0 Å². The molecule has 0 bridgehead atoms. The smallest absolute Gasteiger partial charge is 0.318 e. The van der Waals surface area contributed by atoms with Gasteiger partial charge in [0.1, 0.15) is 5.82 Å². The van der Waals surface area contributed by atoms with Crippen molar-refractivity contribution in [1.82, 2.24) is 4.90 Å². The summed E-state index contributed by atoms with van der Waals surface area (Å²) >= 11 is 0.464. The molecule has 0 atom stereocenters. The van der Waals surface area contributed by atoms with Crippen LogP contribution in [0.1, 0.15) is 11.1 Å². The summed E-state index contributed by atoms with van der Waals surface area (Å²) in [6, 6.07) is 6.98. The summed E-state index contributed by atoms with van der Waals surface area (Å²) in [6.45, 7) is -0.338. The van der Waals surface area contributed by atoms with E-state index in [-0.39, 0.29) is 22.6 Å². The van der Waals surface area contributed by atoms with Crippen LogP contribution in [0.5, 0.6) is 5.75 Å². The van der Waals surface area contributed by atoms with Crippen molar-refractivity contribution in [2.75, 3.05) is 0 Å². The summed E-state index contributed by atoms with van der Waals surface area (Å²) < 4.78 is 13.8. The van der Waals surface area contributed by atoms with Crippen molar-refractivity contribution in [1.29, 1.82) is 0 Å². The number of thioether (sulfide) groups is 1. The quantitative estimate of drug-likeness (QED) is 0.440. The van der Waals surface area contributed by atoms with E-state index in [9.17, 15) is 39.3 Å². The second-order valence-electron chi connectivity index (χ2n) is 5.78. The Hall–Kier alpha value is -3.80. The highest BCUT2D eigenvalue weighted by Crippen LogP contribution is 2.39. The number of nitro benzene ring substituents is 2. The molecule has 0 aromatic heterocycles. The maximum atomic E-state index is 13.8. The predicted octanol–water partition coefficient (Wildman–Crippen LogP) is 3.58. The minimum atomic E-state index is -1.01. The maximum absolute atomic E-state index is 13.8. The van der Waals surface area contributed by atoms with Crippen LogP contribution in [0.25, 0.3) is 6.08 Å². The van der Waals surface area contributed by atoms with Gasteiger partial charge < -0.3 is 5.11 Å². The van der Waals surface area contributed by atoms with Crippen molar-refractivity contribution in [3.63, 3.8) is 0 Å². The normalized spacial score (nSPS) is 15.2. The number of rotatable bonds is 5. The highest BCUT2D eigenvalue weighted by atomic mass is 32.2. The average Bonchev–Trinajstić information content (AvgIpc) is 2.92. The number of imide groups is 1. The first kappa shape index (κ1) is 19.9. The van der Waals surface area contributed by atoms with E-state index in [1.165, 1.54) is 24.3 Å². The summed E-state index contributed by atoms with van der Waals surface area (Å²) in [5.74, 6) is -2.32. The summed E-state index contributed by atoms with van der Waals surface area (Å²) in [6.07, 6.45) is 0.946. The van der Waals surface area contributed by atoms with Crippen molar-refractivity contribution < 1.29 is 28.9 Å². The van der Waals surface area contributed by atoms with Crippen molar-refractivity contribution in [3.05, 3.63) is 78.5 Å². The number of nitro groups is 2. The van der Waals surface area contributed by atoms with Crippen LogP contribution in [0.4, 0.5) is 20.6 Å². The first-order valence-corrected chi connectivity index (χ1v) is 8.65. The number of aromatic hydroxyl groups is 1. The molecule has 1 fully saturated rings. The van der Waals surface area contributed by atoms with E-state index < -0.39 is 43.9 Å². The Morgan fingerprint density at radius 1 is 1.14 bits per heavy atom. The molecule has 3 rings (SSSR count). The Kier molecular flexibility index (Phi) is 5.28. The zero-order chi connectivity index (χ0) is 21.3. The third kappa shape index (κ3) is 3.91. The molecular formula is C17H10FN3O7S. The van der Waals surface area contributed by atoms with E-state index >= 15 is 0 Å². The first-order chi connectivity index (χ1) is 13.7. The fourth-order valence-corrected chi connectivity index (χ4v) is 3.38. The van der Waals surface area contributed by atoms with Gasteiger partial charge in [-0.15, -0.1) is 0 Å². The number of non-ortho nitro benzene ring substituents is 1. The molecule has 12 heteroatoms. The van der Waals surface area contributed by atoms with E-state index in [0.29, 0.717) is 17.8 Å². The van der Waals surface area contributed by atoms with Gasteiger partial charge in [-0.05, 0) is 23.9 Å². The van der Waals surface area contributed by atoms with Gasteiger partial charge in [-0.3, -0.25) is 34.7 Å². The van der Waals surface area contributed by atoms with E-state index in [2.05, 4.69) is 0 Å². The molecule has 2 aromatic rings. The summed E-state index contributed by atoms with van der Waals surface area (Å²) in [5.41, 5.74) is -1.87. The highest BCUT2D eigenvalue weighted by molar-refractivity contribution is 8.18. The van der Waals surface area contributed by atoms with Gasteiger partial charge >= 0.3 is 5.69 Å².